The molecule has 0 unspecified atom stereocenters. The van der Waals surface area contributed by atoms with Crippen LogP contribution in [0.3, 0.4) is 0 Å². The van der Waals surface area contributed by atoms with E-state index in [0.717, 1.165) is 55.9 Å². The van der Waals surface area contributed by atoms with E-state index < -0.39 is 0 Å². The highest BCUT2D eigenvalue weighted by Gasteiger charge is 2.21. The van der Waals surface area contributed by atoms with Gasteiger partial charge in [-0.2, -0.15) is 5.26 Å². The third kappa shape index (κ3) is 5.56. The highest BCUT2D eigenvalue weighted by molar-refractivity contribution is 5.68. The molecule has 3 aromatic rings. The van der Waals surface area contributed by atoms with Crippen LogP contribution in [0.4, 0.5) is 0 Å². The van der Waals surface area contributed by atoms with Gasteiger partial charge in [-0.25, -0.2) is 0 Å². The summed E-state index contributed by atoms with van der Waals surface area (Å²) in [6.45, 7) is 3.73. The van der Waals surface area contributed by atoms with E-state index in [1.54, 1.807) is 0 Å². The summed E-state index contributed by atoms with van der Waals surface area (Å²) in [6.07, 6.45) is 2.24. The Morgan fingerprint density at radius 1 is 0.906 bits per heavy atom. The third-order valence-electron chi connectivity index (χ3n) is 6.04. The van der Waals surface area contributed by atoms with Crippen molar-refractivity contribution in [2.45, 2.75) is 32.0 Å². The van der Waals surface area contributed by atoms with Crippen LogP contribution in [0.1, 0.15) is 29.5 Å². The molecule has 4 rings (SSSR count). The molecule has 0 aromatic heterocycles. The van der Waals surface area contributed by atoms with Crippen molar-refractivity contribution in [1.82, 2.24) is 9.80 Å². The Morgan fingerprint density at radius 3 is 2.25 bits per heavy atom. The van der Waals surface area contributed by atoms with Crippen molar-refractivity contribution in [3.05, 3.63) is 89.5 Å². The molecule has 1 fully saturated rings. The van der Waals surface area contributed by atoms with Crippen molar-refractivity contribution in [3.63, 3.8) is 0 Å². The smallest absolute Gasteiger partial charge is 0.119 e. The Labute approximate surface area is 191 Å². The summed E-state index contributed by atoms with van der Waals surface area (Å²) in [5.41, 5.74) is 5.72. The van der Waals surface area contributed by atoms with Gasteiger partial charge in [-0.1, -0.05) is 54.6 Å². The quantitative estimate of drug-likeness (QED) is 0.513. The molecular weight excluding hydrogens is 394 g/mol. The van der Waals surface area contributed by atoms with Gasteiger partial charge in [0, 0.05) is 26.2 Å². The molecule has 164 valence electrons. The van der Waals surface area contributed by atoms with Gasteiger partial charge in [0.05, 0.1) is 11.6 Å². The van der Waals surface area contributed by atoms with E-state index in [4.69, 9.17) is 4.74 Å². The summed E-state index contributed by atoms with van der Waals surface area (Å²) in [4.78, 5) is 4.61. The van der Waals surface area contributed by atoms with Crippen LogP contribution in [0.2, 0.25) is 0 Å². The number of nitriles is 1. The number of hydrogen-bond donors (Lipinski definition) is 0. The molecule has 0 saturated carbocycles. The average molecular weight is 426 g/mol. The first kappa shape index (κ1) is 22.1. The van der Waals surface area contributed by atoms with Gasteiger partial charge in [-0.05, 0) is 67.4 Å². The molecule has 0 amide bonds. The van der Waals surface area contributed by atoms with Crippen LogP contribution in [0.15, 0.2) is 72.8 Å². The molecule has 3 aromatic carbocycles. The zero-order chi connectivity index (χ0) is 22.3. The second-order valence-electron chi connectivity index (χ2n) is 8.78. The summed E-state index contributed by atoms with van der Waals surface area (Å²) in [6, 6.07) is 27.3. The summed E-state index contributed by atoms with van der Waals surface area (Å²) < 4.78 is 6.30. The Kier molecular flexibility index (Phi) is 7.21. The third-order valence-corrected chi connectivity index (χ3v) is 6.04. The van der Waals surface area contributed by atoms with Crippen molar-refractivity contribution < 1.29 is 4.74 Å². The zero-order valence-corrected chi connectivity index (χ0v) is 19.0. The first-order valence-electron chi connectivity index (χ1n) is 11.3. The van der Waals surface area contributed by atoms with Crippen LogP contribution < -0.4 is 4.74 Å². The monoisotopic (exact) mass is 425 g/mol. The topological polar surface area (TPSA) is 39.5 Å². The lowest BCUT2D eigenvalue weighted by Crippen LogP contribution is -2.37. The zero-order valence-electron chi connectivity index (χ0n) is 19.0. The van der Waals surface area contributed by atoms with Gasteiger partial charge in [0.15, 0.2) is 0 Å². The second kappa shape index (κ2) is 10.5. The molecular formula is C28H31N3O. The van der Waals surface area contributed by atoms with Gasteiger partial charge < -0.3 is 9.64 Å². The minimum absolute atomic E-state index is 0.240. The van der Waals surface area contributed by atoms with Gasteiger partial charge >= 0.3 is 0 Å². The molecule has 4 heteroatoms. The Balaban J connectivity index is 1.33. The van der Waals surface area contributed by atoms with Crippen molar-refractivity contribution in [1.29, 1.82) is 5.26 Å². The first-order chi connectivity index (χ1) is 15.6. The van der Waals surface area contributed by atoms with Crippen LogP contribution in [0.25, 0.3) is 11.1 Å². The fraction of sp³-hybridized carbons (Fsp3) is 0.321. The largest absolute Gasteiger partial charge is 0.490 e. The number of hydrogen-bond acceptors (Lipinski definition) is 4. The van der Waals surface area contributed by atoms with Gasteiger partial charge in [-0.15, -0.1) is 0 Å². The lowest BCUT2D eigenvalue weighted by Gasteiger charge is -2.32. The molecule has 0 aliphatic carbocycles. The number of ether oxygens (including phenoxy) is 1. The molecule has 0 bridgehead atoms. The van der Waals surface area contributed by atoms with Gasteiger partial charge in [0.2, 0.25) is 0 Å². The lowest BCUT2D eigenvalue weighted by molar-refractivity contribution is 0.0968. The molecule has 0 N–H and O–H groups in total. The number of likely N-dealkylation sites (tertiary alicyclic amines) is 1. The molecule has 1 heterocycles. The molecule has 32 heavy (non-hydrogen) atoms. The van der Waals surface area contributed by atoms with E-state index in [-0.39, 0.29) is 6.10 Å². The minimum atomic E-state index is 0.240. The number of nitrogens with zero attached hydrogens (tertiary/aromatic N) is 3. The number of piperidine rings is 1. The van der Waals surface area contributed by atoms with Crippen LogP contribution in [0, 0.1) is 11.3 Å². The number of rotatable bonds is 7. The first-order valence-corrected chi connectivity index (χ1v) is 11.3. The van der Waals surface area contributed by atoms with Crippen LogP contribution >= 0.6 is 0 Å². The molecule has 1 saturated heterocycles. The lowest BCUT2D eigenvalue weighted by atomic mass is 9.99. The molecule has 4 nitrogen and oxygen atoms in total. The normalized spacial score (nSPS) is 14.9. The van der Waals surface area contributed by atoms with E-state index in [1.807, 2.05) is 18.2 Å². The summed E-state index contributed by atoms with van der Waals surface area (Å²) in [5, 5.41) is 9.31. The molecule has 1 aliphatic heterocycles. The SMILES string of the molecule is CN(C)Cc1ccccc1-c1ccc(OC2CCN(Cc3ccccc3C#N)CC2)cc1. The second-order valence-corrected chi connectivity index (χ2v) is 8.78. The summed E-state index contributed by atoms with van der Waals surface area (Å²) >= 11 is 0. The Hall–Kier alpha value is -3.13. The van der Waals surface area contributed by atoms with Crippen LogP contribution in [-0.4, -0.2) is 43.1 Å². The van der Waals surface area contributed by atoms with Crippen LogP contribution in [0.5, 0.6) is 5.75 Å². The fourth-order valence-electron chi connectivity index (χ4n) is 4.38. The van der Waals surface area contributed by atoms with E-state index in [0.29, 0.717) is 0 Å². The summed E-state index contributed by atoms with van der Waals surface area (Å²) in [7, 11) is 4.20. The molecule has 0 atom stereocenters. The van der Waals surface area contributed by atoms with Gasteiger partial charge in [0.25, 0.3) is 0 Å². The van der Waals surface area contributed by atoms with Crippen molar-refractivity contribution in [3.8, 4) is 22.9 Å². The Bertz CT molecular complexity index is 1060. The highest BCUT2D eigenvalue weighted by atomic mass is 16.5. The van der Waals surface area contributed by atoms with E-state index in [2.05, 4.69) is 84.6 Å². The van der Waals surface area contributed by atoms with Crippen molar-refractivity contribution in [2.24, 2.45) is 0 Å². The van der Waals surface area contributed by atoms with E-state index in [9.17, 15) is 5.26 Å². The maximum Gasteiger partial charge on any atom is 0.119 e. The maximum absolute atomic E-state index is 9.31. The van der Waals surface area contributed by atoms with Gasteiger partial charge in [-0.3, -0.25) is 4.90 Å². The highest BCUT2D eigenvalue weighted by Crippen LogP contribution is 2.28. The van der Waals surface area contributed by atoms with Crippen molar-refractivity contribution >= 4 is 0 Å². The maximum atomic E-state index is 9.31. The number of benzene rings is 3. The van der Waals surface area contributed by atoms with E-state index in [1.165, 1.54) is 16.7 Å². The van der Waals surface area contributed by atoms with Crippen LogP contribution in [-0.2, 0) is 13.1 Å². The average Bonchev–Trinajstić information content (AvgIpc) is 2.81. The predicted octanol–water partition coefficient (Wildman–Crippen LogP) is 5.33. The summed E-state index contributed by atoms with van der Waals surface area (Å²) in [5.74, 6) is 0.937. The Morgan fingerprint density at radius 2 is 1.56 bits per heavy atom. The van der Waals surface area contributed by atoms with E-state index >= 15 is 0 Å². The minimum Gasteiger partial charge on any atom is -0.490 e. The predicted molar refractivity (Wildman–Crippen MR) is 129 cm³/mol. The van der Waals surface area contributed by atoms with Gasteiger partial charge in [0.1, 0.15) is 11.9 Å². The molecule has 0 spiro atoms. The van der Waals surface area contributed by atoms with Crippen molar-refractivity contribution in [2.75, 3.05) is 27.2 Å². The molecule has 1 aliphatic rings. The molecule has 0 radical (unpaired) electrons. The standard InChI is InChI=1S/C28H31N3O/c1-30(2)20-25-9-5-6-10-28(25)22-11-13-26(14-12-22)32-27-15-17-31(18-16-27)21-24-8-4-3-7-23(24)19-29/h3-14,27H,15-18,20-21H2,1-2H3. The fourth-order valence-corrected chi connectivity index (χ4v) is 4.38.